The number of halogens is 3. The van der Waals surface area contributed by atoms with Crippen molar-refractivity contribution in [3.63, 3.8) is 0 Å². The van der Waals surface area contributed by atoms with Crippen LogP contribution in [0, 0.1) is 17.5 Å². The van der Waals surface area contributed by atoms with E-state index >= 15 is 0 Å². The molecule has 1 aliphatic rings. The van der Waals surface area contributed by atoms with Crippen molar-refractivity contribution in [3.8, 4) is 28.6 Å². The number of carbonyl (C=O) groups is 1. The van der Waals surface area contributed by atoms with E-state index in [1.54, 1.807) is 18.3 Å². The van der Waals surface area contributed by atoms with Gasteiger partial charge in [-0.1, -0.05) is 18.2 Å². The van der Waals surface area contributed by atoms with Crippen LogP contribution in [0.5, 0.6) is 17.2 Å². The summed E-state index contributed by atoms with van der Waals surface area (Å²) in [5.74, 6) is -3.32. The van der Waals surface area contributed by atoms with E-state index in [4.69, 9.17) is 9.47 Å². The second kappa shape index (κ2) is 9.29. The number of aliphatic carboxylic acids is 1. The zero-order chi connectivity index (χ0) is 26.4. The fourth-order valence-corrected chi connectivity index (χ4v) is 4.84. The Balaban J connectivity index is 1.32. The molecule has 1 unspecified atom stereocenters. The van der Waals surface area contributed by atoms with Crippen LogP contribution in [0.3, 0.4) is 0 Å². The summed E-state index contributed by atoms with van der Waals surface area (Å²) in [4.78, 5) is 21.5. The molecule has 6 rings (SSSR count). The van der Waals surface area contributed by atoms with E-state index in [-0.39, 0.29) is 34.9 Å². The smallest absolute Gasteiger partial charge is 0.307 e. The number of benzene rings is 3. The average molecular weight is 519 g/mol. The van der Waals surface area contributed by atoms with Gasteiger partial charge in [0.25, 0.3) is 0 Å². The minimum absolute atomic E-state index is 0.0294. The molecule has 7 nitrogen and oxygen atoms in total. The van der Waals surface area contributed by atoms with Crippen molar-refractivity contribution in [1.29, 1.82) is 0 Å². The summed E-state index contributed by atoms with van der Waals surface area (Å²) in [6.07, 6.45) is 3.52. The number of imidazole rings is 1. The molecular formula is C28H20F3N3O4. The molecule has 0 saturated heterocycles. The van der Waals surface area contributed by atoms with Crippen molar-refractivity contribution < 1.29 is 32.5 Å². The van der Waals surface area contributed by atoms with E-state index in [0.717, 1.165) is 17.7 Å². The van der Waals surface area contributed by atoms with E-state index in [9.17, 15) is 23.1 Å². The van der Waals surface area contributed by atoms with E-state index < -0.39 is 29.2 Å². The number of rotatable bonds is 6. The fraction of sp³-hybridized carbons (Fsp3) is 0.143. The first-order valence-corrected chi connectivity index (χ1v) is 11.8. The van der Waals surface area contributed by atoms with Gasteiger partial charge in [-0.05, 0) is 30.7 Å². The molecule has 3 heterocycles. The Morgan fingerprint density at radius 1 is 1.13 bits per heavy atom. The van der Waals surface area contributed by atoms with Crippen molar-refractivity contribution in [2.24, 2.45) is 0 Å². The highest BCUT2D eigenvalue weighted by Gasteiger charge is 2.27. The van der Waals surface area contributed by atoms with Gasteiger partial charge in [0.1, 0.15) is 23.1 Å². The average Bonchev–Trinajstić information content (AvgIpc) is 3.57. The lowest BCUT2D eigenvalue weighted by Crippen LogP contribution is -2.17. The summed E-state index contributed by atoms with van der Waals surface area (Å²) in [7, 11) is 0. The quantitative estimate of drug-likeness (QED) is 0.244. The number of hydrogen-bond acceptors (Lipinski definition) is 4. The Morgan fingerprint density at radius 2 is 2.00 bits per heavy atom. The minimum Gasteiger partial charge on any atom is -0.493 e. The first kappa shape index (κ1) is 23.7. The van der Waals surface area contributed by atoms with Crippen LogP contribution in [-0.4, -0.2) is 32.6 Å². The lowest BCUT2D eigenvalue weighted by Gasteiger charge is -2.26. The summed E-state index contributed by atoms with van der Waals surface area (Å²) in [6, 6.07) is 11.7. The molecule has 0 saturated carbocycles. The molecule has 0 fully saturated rings. The number of nitrogens with one attached hydrogen (secondary N) is 2. The minimum atomic E-state index is -0.960. The van der Waals surface area contributed by atoms with Crippen LogP contribution in [0.1, 0.15) is 29.2 Å². The number of ether oxygens (including phenoxy) is 2. The molecule has 5 aromatic rings. The predicted molar refractivity (Wildman–Crippen MR) is 132 cm³/mol. The van der Waals surface area contributed by atoms with E-state index in [0.29, 0.717) is 35.6 Å². The molecule has 3 aromatic carbocycles. The van der Waals surface area contributed by atoms with Crippen LogP contribution >= 0.6 is 0 Å². The third-order valence-corrected chi connectivity index (χ3v) is 6.58. The first-order valence-electron chi connectivity index (χ1n) is 11.8. The van der Waals surface area contributed by atoms with Gasteiger partial charge in [0.15, 0.2) is 17.4 Å². The van der Waals surface area contributed by atoms with Crippen molar-refractivity contribution in [2.75, 3.05) is 6.61 Å². The second-order valence-corrected chi connectivity index (χ2v) is 8.97. The SMILES string of the molecule is O=C(O)Cc1cccc2c1OCCC2c1cnc(-c2cc(Oc3c(F)cc4[nH]ccc4c3F)ccc2F)[nH]1. The van der Waals surface area contributed by atoms with Gasteiger partial charge < -0.3 is 24.5 Å². The number of H-pyrrole nitrogens is 2. The molecular weight excluding hydrogens is 499 g/mol. The molecule has 38 heavy (non-hydrogen) atoms. The fourth-order valence-electron chi connectivity index (χ4n) is 4.84. The third-order valence-electron chi connectivity index (χ3n) is 6.58. The maximum absolute atomic E-state index is 14.9. The molecule has 0 amide bonds. The van der Waals surface area contributed by atoms with Crippen molar-refractivity contribution in [3.05, 3.63) is 95.2 Å². The lowest BCUT2D eigenvalue weighted by molar-refractivity contribution is -0.136. The van der Waals surface area contributed by atoms with E-state index in [1.807, 2.05) is 6.07 Å². The number of aromatic nitrogens is 3. The van der Waals surface area contributed by atoms with Crippen LogP contribution in [0.4, 0.5) is 13.2 Å². The van der Waals surface area contributed by atoms with Crippen LogP contribution in [-0.2, 0) is 11.2 Å². The number of hydrogen-bond donors (Lipinski definition) is 3. The second-order valence-electron chi connectivity index (χ2n) is 8.97. The number of carboxylic acid groups (broad SMARTS) is 1. The van der Waals surface area contributed by atoms with Crippen LogP contribution in [0.15, 0.2) is 60.9 Å². The van der Waals surface area contributed by atoms with Crippen LogP contribution in [0.25, 0.3) is 22.3 Å². The highest BCUT2D eigenvalue weighted by atomic mass is 19.1. The molecule has 0 radical (unpaired) electrons. The predicted octanol–water partition coefficient (Wildman–Crippen LogP) is 6.31. The van der Waals surface area contributed by atoms with Crippen molar-refractivity contribution >= 4 is 16.9 Å². The highest BCUT2D eigenvalue weighted by molar-refractivity contribution is 5.82. The van der Waals surface area contributed by atoms with Crippen LogP contribution in [0.2, 0.25) is 0 Å². The van der Waals surface area contributed by atoms with Gasteiger partial charge in [-0.15, -0.1) is 0 Å². The Bertz CT molecular complexity index is 1690. The maximum atomic E-state index is 14.9. The number of fused-ring (bicyclic) bond motifs is 2. The van der Waals surface area contributed by atoms with Gasteiger partial charge in [0.2, 0.25) is 0 Å². The lowest BCUT2D eigenvalue weighted by atomic mass is 9.88. The monoisotopic (exact) mass is 519 g/mol. The maximum Gasteiger partial charge on any atom is 0.307 e. The first-order chi connectivity index (χ1) is 18.4. The van der Waals surface area contributed by atoms with Gasteiger partial charge in [0.05, 0.1) is 24.1 Å². The number of aromatic amines is 2. The number of para-hydroxylation sites is 1. The number of nitrogens with zero attached hydrogens (tertiary/aromatic N) is 1. The van der Waals surface area contributed by atoms with Gasteiger partial charge >= 0.3 is 5.97 Å². The Hall–Kier alpha value is -4.73. The summed E-state index contributed by atoms with van der Waals surface area (Å²) in [5.41, 5.74) is 2.43. The normalized spacial score (nSPS) is 14.8. The molecule has 0 spiro atoms. The third kappa shape index (κ3) is 4.13. The topological polar surface area (TPSA) is 100 Å². The van der Waals surface area contributed by atoms with Gasteiger partial charge in [-0.25, -0.2) is 18.2 Å². The summed E-state index contributed by atoms with van der Waals surface area (Å²) in [6.45, 7) is 0.378. The zero-order valence-electron chi connectivity index (χ0n) is 19.7. The van der Waals surface area contributed by atoms with Crippen molar-refractivity contribution in [2.45, 2.75) is 18.8 Å². The van der Waals surface area contributed by atoms with Crippen molar-refractivity contribution in [1.82, 2.24) is 15.0 Å². The molecule has 10 heteroatoms. The Kier molecular flexibility index (Phi) is 5.79. The molecule has 1 atom stereocenters. The van der Waals surface area contributed by atoms with Gasteiger partial charge in [0, 0.05) is 46.6 Å². The summed E-state index contributed by atoms with van der Waals surface area (Å²) >= 11 is 0. The molecule has 0 bridgehead atoms. The largest absolute Gasteiger partial charge is 0.493 e. The molecule has 1 aliphatic heterocycles. The molecule has 3 N–H and O–H groups in total. The Morgan fingerprint density at radius 3 is 2.84 bits per heavy atom. The highest BCUT2D eigenvalue weighted by Crippen LogP contribution is 2.41. The molecule has 2 aromatic heterocycles. The summed E-state index contributed by atoms with van der Waals surface area (Å²) in [5, 5.41) is 9.40. The van der Waals surface area contributed by atoms with Crippen LogP contribution < -0.4 is 9.47 Å². The Labute approximate surface area is 213 Å². The zero-order valence-corrected chi connectivity index (χ0v) is 19.7. The molecule has 192 valence electrons. The standard InChI is InChI=1S/C28H20F3N3O4/c29-20-5-4-15(38-27-21(30)12-22-18(25(27)31)6-8-32-22)11-19(20)28-33-13-23(34-28)16-7-9-37-26-14(10-24(35)36)2-1-3-17(16)26/h1-6,8,11-13,16,32H,7,9-10H2,(H,33,34)(H,35,36). The van der Waals surface area contributed by atoms with Gasteiger partial charge in [-0.3, -0.25) is 4.79 Å². The number of carboxylic acids is 1. The summed E-state index contributed by atoms with van der Waals surface area (Å²) < 4.78 is 55.6. The van der Waals surface area contributed by atoms with E-state index in [1.165, 1.54) is 24.4 Å². The van der Waals surface area contributed by atoms with Gasteiger partial charge in [-0.2, -0.15) is 0 Å². The molecule has 0 aliphatic carbocycles. The van der Waals surface area contributed by atoms with E-state index in [2.05, 4.69) is 15.0 Å².